The van der Waals surface area contributed by atoms with E-state index in [1.54, 1.807) is 11.9 Å². The number of β-amino-alcohol motifs (C(OH)–C–C–N with tert-alkyl or cyclic N) is 1. The summed E-state index contributed by atoms with van der Waals surface area (Å²) in [7, 11) is 1.72. The SMILES string of the molecule is CC(C)NC[C@@]1(O)CC(=O)N(C)C1. The molecule has 1 fully saturated rings. The van der Waals surface area contributed by atoms with Gasteiger partial charge in [-0.3, -0.25) is 4.79 Å². The molecule has 1 atom stereocenters. The summed E-state index contributed by atoms with van der Waals surface area (Å²) >= 11 is 0. The fraction of sp³-hybridized carbons (Fsp3) is 0.889. The normalized spacial score (nSPS) is 29.0. The number of nitrogens with zero attached hydrogens (tertiary/aromatic N) is 1. The molecule has 76 valence electrons. The number of amides is 1. The number of likely N-dealkylation sites (tertiary alicyclic amines) is 1. The second-order valence-electron chi connectivity index (χ2n) is 4.19. The molecule has 0 aromatic rings. The highest BCUT2D eigenvalue weighted by molar-refractivity contribution is 5.79. The number of hydrogen-bond acceptors (Lipinski definition) is 3. The highest BCUT2D eigenvalue weighted by Crippen LogP contribution is 2.20. The summed E-state index contributed by atoms with van der Waals surface area (Å²) in [4.78, 5) is 12.7. The fourth-order valence-corrected chi connectivity index (χ4v) is 1.51. The Morgan fingerprint density at radius 2 is 2.31 bits per heavy atom. The van der Waals surface area contributed by atoms with Crippen LogP contribution >= 0.6 is 0 Å². The highest BCUT2D eigenvalue weighted by Gasteiger charge is 2.39. The zero-order valence-corrected chi connectivity index (χ0v) is 8.50. The van der Waals surface area contributed by atoms with Crippen LogP contribution in [0.1, 0.15) is 20.3 Å². The minimum atomic E-state index is -0.865. The van der Waals surface area contributed by atoms with Crippen LogP contribution in [0.25, 0.3) is 0 Å². The molecule has 2 N–H and O–H groups in total. The van der Waals surface area contributed by atoms with E-state index in [2.05, 4.69) is 5.32 Å². The molecule has 0 radical (unpaired) electrons. The van der Waals surface area contributed by atoms with E-state index >= 15 is 0 Å². The van der Waals surface area contributed by atoms with Gasteiger partial charge in [0.15, 0.2) is 0 Å². The quantitative estimate of drug-likeness (QED) is 0.629. The van der Waals surface area contributed by atoms with E-state index in [1.807, 2.05) is 13.8 Å². The topological polar surface area (TPSA) is 52.6 Å². The van der Waals surface area contributed by atoms with Crippen molar-refractivity contribution in [3.8, 4) is 0 Å². The van der Waals surface area contributed by atoms with Crippen molar-refractivity contribution in [2.75, 3.05) is 20.1 Å². The Kier molecular flexibility index (Phi) is 2.93. The summed E-state index contributed by atoms with van der Waals surface area (Å²) in [5, 5.41) is 13.1. The van der Waals surface area contributed by atoms with Gasteiger partial charge in [-0.2, -0.15) is 0 Å². The predicted octanol–water partition coefficient (Wildman–Crippen LogP) is -0.422. The van der Waals surface area contributed by atoms with Crippen molar-refractivity contribution in [1.82, 2.24) is 10.2 Å². The number of carbonyl (C=O) groups is 1. The summed E-state index contributed by atoms with van der Waals surface area (Å²) < 4.78 is 0. The summed E-state index contributed by atoms with van der Waals surface area (Å²) in [5.41, 5.74) is -0.865. The zero-order chi connectivity index (χ0) is 10.1. The van der Waals surface area contributed by atoms with Crippen LogP contribution in [0.5, 0.6) is 0 Å². The molecular formula is C9H18N2O2. The van der Waals surface area contributed by atoms with Gasteiger partial charge in [-0.25, -0.2) is 0 Å². The van der Waals surface area contributed by atoms with Gasteiger partial charge in [0, 0.05) is 19.6 Å². The summed E-state index contributed by atoms with van der Waals surface area (Å²) in [6.07, 6.45) is 0.239. The van der Waals surface area contributed by atoms with Gasteiger partial charge in [-0.05, 0) is 0 Å². The summed E-state index contributed by atoms with van der Waals surface area (Å²) in [6.45, 7) is 4.96. The third kappa shape index (κ3) is 2.67. The summed E-state index contributed by atoms with van der Waals surface area (Å²) in [5.74, 6) is 0.0213. The van der Waals surface area contributed by atoms with Crippen molar-refractivity contribution in [1.29, 1.82) is 0 Å². The first-order chi connectivity index (χ1) is 5.93. The Hall–Kier alpha value is -0.610. The van der Waals surface area contributed by atoms with Crippen LogP contribution in [0.3, 0.4) is 0 Å². The molecule has 0 bridgehead atoms. The van der Waals surface area contributed by atoms with E-state index in [-0.39, 0.29) is 12.3 Å². The van der Waals surface area contributed by atoms with Crippen molar-refractivity contribution >= 4 is 5.91 Å². The molecule has 0 aromatic heterocycles. The van der Waals surface area contributed by atoms with Crippen LogP contribution in [0.2, 0.25) is 0 Å². The largest absolute Gasteiger partial charge is 0.386 e. The minimum absolute atomic E-state index is 0.0213. The van der Waals surface area contributed by atoms with Gasteiger partial charge in [-0.1, -0.05) is 13.8 Å². The average Bonchev–Trinajstić information content (AvgIpc) is 2.24. The first-order valence-electron chi connectivity index (χ1n) is 4.63. The van der Waals surface area contributed by atoms with Crippen LogP contribution in [-0.4, -0.2) is 47.7 Å². The van der Waals surface area contributed by atoms with Gasteiger partial charge >= 0.3 is 0 Å². The molecule has 1 saturated heterocycles. The number of aliphatic hydroxyl groups is 1. The highest BCUT2D eigenvalue weighted by atomic mass is 16.3. The standard InChI is InChI=1S/C9H18N2O2/c1-7(2)10-5-9(13)4-8(12)11(3)6-9/h7,10,13H,4-6H2,1-3H3/t9-/m0/s1. The van der Waals surface area contributed by atoms with Crippen LogP contribution in [0.4, 0.5) is 0 Å². The van der Waals surface area contributed by atoms with Gasteiger partial charge in [0.25, 0.3) is 0 Å². The van der Waals surface area contributed by atoms with Gasteiger partial charge in [-0.15, -0.1) is 0 Å². The lowest BCUT2D eigenvalue weighted by atomic mass is 10.0. The van der Waals surface area contributed by atoms with Crippen molar-refractivity contribution in [3.05, 3.63) is 0 Å². The van der Waals surface area contributed by atoms with Gasteiger partial charge in [0.1, 0.15) is 5.60 Å². The number of hydrogen-bond donors (Lipinski definition) is 2. The number of likely N-dealkylation sites (N-methyl/N-ethyl adjacent to an activating group) is 1. The third-order valence-electron chi connectivity index (χ3n) is 2.28. The van der Waals surface area contributed by atoms with Gasteiger partial charge in [0.2, 0.25) is 5.91 Å². The van der Waals surface area contributed by atoms with Crippen LogP contribution in [0, 0.1) is 0 Å². The molecule has 13 heavy (non-hydrogen) atoms. The molecule has 1 amide bonds. The predicted molar refractivity (Wildman–Crippen MR) is 50.3 cm³/mol. The summed E-state index contributed by atoms with van der Waals surface area (Å²) in [6, 6.07) is 0.338. The molecule has 1 aliphatic rings. The first-order valence-corrected chi connectivity index (χ1v) is 4.63. The Morgan fingerprint density at radius 1 is 1.69 bits per heavy atom. The lowest BCUT2D eigenvalue weighted by Gasteiger charge is -2.23. The van der Waals surface area contributed by atoms with E-state index in [0.29, 0.717) is 19.1 Å². The molecule has 0 aromatic carbocycles. The molecule has 1 aliphatic heterocycles. The molecule has 0 unspecified atom stereocenters. The maximum Gasteiger partial charge on any atom is 0.225 e. The second-order valence-corrected chi connectivity index (χ2v) is 4.19. The molecule has 4 nitrogen and oxygen atoms in total. The smallest absolute Gasteiger partial charge is 0.225 e. The minimum Gasteiger partial charge on any atom is -0.386 e. The Balaban J connectivity index is 2.44. The monoisotopic (exact) mass is 186 g/mol. The first kappa shape index (κ1) is 10.5. The number of carbonyl (C=O) groups excluding carboxylic acids is 1. The maximum absolute atomic E-state index is 11.2. The fourth-order valence-electron chi connectivity index (χ4n) is 1.51. The Morgan fingerprint density at radius 3 is 2.69 bits per heavy atom. The second kappa shape index (κ2) is 3.64. The van der Waals surface area contributed by atoms with E-state index in [9.17, 15) is 9.90 Å². The van der Waals surface area contributed by atoms with E-state index in [4.69, 9.17) is 0 Å². The molecule has 1 rings (SSSR count). The van der Waals surface area contributed by atoms with E-state index < -0.39 is 5.60 Å². The van der Waals surface area contributed by atoms with E-state index in [1.165, 1.54) is 0 Å². The van der Waals surface area contributed by atoms with Crippen molar-refractivity contribution < 1.29 is 9.90 Å². The maximum atomic E-state index is 11.2. The van der Waals surface area contributed by atoms with Gasteiger partial charge in [0.05, 0.1) is 13.0 Å². The molecule has 0 spiro atoms. The number of nitrogens with one attached hydrogen (secondary N) is 1. The molecule has 0 aliphatic carbocycles. The molecule has 4 heteroatoms. The van der Waals surface area contributed by atoms with Crippen LogP contribution in [-0.2, 0) is 4.79 Å². The van der Waals surface area contributed by atoms with Gasteiger partial charge < -0.3 is 15.3 Å². The Labute approximate surface area is 78.9 Å². The van der Waals surface area contributed by atoms with E-state index in [0.717, 1.165) is 0 Å². The molecule has 0 saturated carbocycles. The lowest BCUT2D eigenvalue weighted by molar-refractivity contribution is -0.126. The zero-order valence-electron chi connectivity index (χ0n) is 8.50. The third-order valence-corrected chi connectivity index (χ3v) is 2.28. The van der Waals surface area contributed by atoms with Crippen LogP contribution < -0.4 is 5.32 Å². The van der Waals surface area contributed by atoms with Crippen LogP contribution in [0.15, 0.2) is 0 Å². The lowest BCUT2D eigenvalue weighted by Crippen LogP contribution is -2.44. The van der Waals surface area contributed by atoms with Crippen molar-refractivity contribution in [2.24, 2.45) is 0 Å². The molecule has 1 heterocycles. The average molecular weight is 186 g/mol. The number of rotatable bonds is 3. The molecular weight excluding hydrogens is 168 g/mol. The Bertz CT molecular complexity index is 206. The van der Waals surface area contributed by atoms with Crippen molar-refractivity contribution in [3.63, 3.8) is 0 Å². The van der Waals surface area contributed by atoms with Crippen molar-refractivity contribution in [2.45, 2.75) is 31.9 Å².